The smallest absolute Gasteiger partial charge is 0.272 e. The fraction of sp³-hybridized carbons (Fsp3) is 0.143. The summed E-state index contributed by atoms with van der Waals surface area (Å²) < 4.78 is 0. The van der Waals surface area contributed by atoms with Gasteiger partial charge in [0.15, 0.2) is 0 Å². The van der Waals surface area contributed by atoms with Crippen LogP contribution in [0.15, 0.2) is 108 Å². The van der Waals surface area contributed by atoms with Gasteiger partial charge in [-0.15, -0.1) is 0 Å². The van der Waals surface area contributed by atoms with Crippen molar-refractivity contribution in [3.63, 3.8) is 0 Å². The lowest BCUT2D eigenvalue weighted by atomic mass is 9.87. The highest BCUT2D eigenvalue weighted by atomic mass is 35.5. The number of carbonyl (C=O) groups is 2. The lowest BCUT2D eigenvalue weighted by Gasteiger charge is -2.19. The van der Waals surface area contributed by atoms with Crippen LogP contribution in [0.5, 0.6) is 0 Å². The van der Waals surface area contributed by atoms with Crippen LogP contribution in [-0.4, -0.2) is 22.5 Å². The molecule has 1 aromatic heterocycles. The molecule has 0 aliphatic carbocycles. The number of hydrogen-bond acceptors (Lipinski definition) is 4. The Labute approximate surface area is 250 Å². The van der Waals surface area contributed by atoms with E-state index >= 15 is 0 Å². The number of rotatable bonds is 6. The van der Waals surface area contributed by atoms with E-state index in [9.17, 15) is 9.59 Å². The van der Waals surface area contributed by atoms with Crippen molar-refractivity contribution in [2.24, 2.45) is 5.10 Å². The standard InChI is InChI=1S/C35H31ClN4O2/c1-22(25-12-8-13-27(20-25)37-33(41)24-16-18-26(19-17-24)35(2,3)4)39-40-34(42)29-21-31(23-10-6-5-7-11-23)38-32-28(29)14-9-15-30(32)36/h5-21H,1-4H3,(H,37,41)(H,40,42). The van der Waals surface area contributed by atoms with Crippen LogP contribution in [0.25, 0.3) is 22.2 Å². The van der Waals surface area contributed by atoms with Crippen LogP contribution < -0.4 is 10.7 Å². The van der Waals surface area contributed by atoms with Crippen LogP contribution in [0.4, 0.5) is 5.69 Å². The second-order valence-electron chi connectivity index (χ2n) is 11.1. The van der Waals surface area contributed by atoms with E-state index in [-0.39, 0.29) is 17.2 Å². The Morgan fingerprint density at radius 1 is 0.786 bits per heavy atom. The third-order valence-corrected chi connectivity index (χ3v) is 7.29. The molecule has 0 radical (unpaired) electrons. The summed E-state index contributed by atoms with van der Waals surface area (Å²) in [4.78, 5) is 31.0. The molecule has 0 atom stereocenters. The quantitative estimate of drug-likeness (QED) is 0.158. The normalized spacial score (nSPS) is 11.8. The number of benzene rings is 4. The van der Waals surface area contributed by atoms with E-state index < -0.39 is 0 Å². The number of hydrogen-bond donors (Lipinski definition) is 2. The number of anilines is 1. The monoisotopic (exact) mass is 574 g/mol. The minimum Gasteiger partial charge on any atom is -0.322 e. The molecule has 0 spiro atoms. The molecular weight excluding hydrogens is 544 g/mol. The first-order valence-corrected chi connectivity index (χ1v) is 14.0. The number of nitrogens with one attached hydrogen (secondary N) is 2. The zero-order valence-electron chi connectivity index (χ0n) is 23.9. The van der Waals surface area contributed by atoms with Gasteiger partial charge in [0.05, 0.1) is 27.5 Å². The Kier molecular flexibility index (Phi) is 8.18. The SMILES string of the molecule is CC(=NNC(=O)c1cc(-c2ccccc2)nc2c(Cl)cccc12)c1cccc(NC(=O)c2ccc(C(C)(C)C)cc2)c1. The van der Waals surface area contributed by atoms with Crippen molar-refractivity contribution in [1.29, 1.82) is 0 Å². The predicted molar refractivity (Wildman–Crippen MR) is 171 cm³/mol. The van der Waals surface area contributed by atoms with Gasteiger partial charge in [-0.1, -0.05) is 99.1 Å². The lowest BCUT2D eigenvalue weighted by molar-refractivity contribution is 0.0955. The summed E-state index contributed by atoms with van der Waals surface area (Å²) in [6.07, 6.45) is 0. The number of pyridine rings is 1. The van der Waals surface area contributed by atoms with Crippen LogP contribution in [0, 0.1) is 0 Å². The van der Waals surface area contributed by atoms with E-state index in [0.29, 0.717) is 44.1 Å². The predicted octanol–water partition coefficient (Wildman–Crippen LogP) is 8.26. The molecule has 0 saturated heterocycles. The van der Waals surface area contributed by atoms with Gasteiger partial charge in [0.25, 0.3) is 11.8 Å². The van der Waals surface area contributed by atoms with Crippen LogP contribution in [0.1, 0.15) is 59.5 Å². The van der Waals surface area contributed by atoms with Gasteiger partial charge in [-0.05, 0) is 59.9 Å². The Bertz CT molecular complexity index is 1810. The summed E-state index contributed by atoms with van der Waals surface area (Å²) in [6.45, 7) is 8.20. The average molecular weight is 575 g/mol. The highest BCUT2D eigenvalue weighted by Crippen LogP contribution is 2.29. The van der Waals surface area contributed by atoms with Crippen molar-refractivity contribution in [2.75, 3.05) is 5.32 Å². The Morgan fingerprint density at radius 3 is 2.21 bits per heavy atom. The number of aromatic nitrogens is 1. The number of amides is 2. The van der Waals surface area contributed by atoms with E-state index in [1.165, 1.54) is 0 Å². The molecule has 0 unspecified atom stereocenters. The molecular formula is C35H31ClN4O2. The van der Waals surface area contributed by atoms with Crippen molar-refractivity contribution in [2.45, 2.75) is 33.1 Å². The number of halogens is 1. The van der Waals surface area contributed by atoms with Crippen LogP contribution in [0.2, 0.25) is 5.02 Å². The molecule has 0 aliphatic heterocycles. The molecule has 1 heterocycles. The van der Waals surface area contributed by atoms with Gasteiger partial charge >= 0.3 is 0 Å². The van der Waals surface area contributed by atoms with Crippen LogP contribution in [-0.2, 0) is 5.41 Å². The molecule has 0 aliphatic rings. The van der Waals surface area contributed by atoms with E-state index in [0.717, 1.165) is 16.7 Å². The molecule has 5 aromatic rings. The van der Waals surface area contributed by atoms with Crippen molar-refractivity contribution < 1.29 is 9.59 Å². The molecule has 2 amide bonds. The van der Waals surface area contributed by atoms with Gasteiger partial charge in [-0.3, -0.25) is 9.59 Å². The molecule has 42 heavy (non-hydrogen) atoms. The first-order valence-electron chi connectivity index (χ1n) is 13.6. The van der Waals surface area contributed by atoms with Crippen LogP contribution in [0.3, 0.4) is 0 Å². The maximum Gasteiger partial charge on any atom is 0.272 e. The molecule has 5 rings (SSSR count). The van der Waals surface area contributed by atoms with Gasteiger partial charge in [0.2, 0.25) is 0 Å². The molecule has 6 nitrogen and oxygen atoms in total. The Hall–Kier alpha value is -4.81. The zero-order chi connectivity index (χ0) is 29.9. The minimum atomic E-state index is -0.385. The summed E-state index contributed by atoms with van der Waals surface area (Å²) >= 11 is 6.46. The summed E-state index contributed by atoms with van der Waals surface area (Å²) in [6, 6.07) is 31.7. The molecule has 210 valence electrons. The van der Waals surface area contributed by atoms with Gasteiger partial charge in [0, 0.05) is 22.2 Å². The maximum atomic E-state index is 13.4. The van der Waals surface area contributed by atoms with Crippen molar-refractivity contribution in [3.8, 4) is 11.3 Å². The topological polar surface area (TPSA) is 83.4 Å². The summed E-state index contributed by atoms with van der Waals surface area (Å²) in [5, 5.41) is 8.41. The molecule has 4 aromatic carbocycles. The molecule has 7 heteroatoms. The maximum absolute atomic E-state index is 13.4. The summed E-state index contributed by atoms with van der Waals surface area (Å²) in [5.74, 6) is -0.586. The summed E-state index contributed by atoms with van der Waals surface area (Å²) in [7, 11) is 0. The van der Waals surface area contributed by atoms with E-state index in [1.807, 2.05) is 84.9 Å². The Balaban J connectivity index is 1.35. The van der Waals surface area contributed by atoms with Gasteiger partial charge in [0.1, 0.15) is 0 Å². The minimum absolute atomic E-state index is 0.0113. The fourth-order valence-corrected chi connectivity index (χ4v) is 4.78. The third-order valence-electron chi connectivity index (χ3n) is 6.98. The van der Waals surface area contributed by atoms with Crippen molar-refractivity contribution in [1.82, 2.24) is 10.4 Å². The lowest BCUT2D eigenvalue weighted by Crippen LogP contribution is -2.20. The number of para-hydroxylation sites is 1. The first-order chi connectivity index (χ1) is 20.1. The third kappa shape index (κ3) is 6.40. The number of hydrazone groups is 1. The van der Waals surface area contributed by atoms with Gasteiger partial charge < -0.3 is 5.32 Å². The van der Waals surface area contributed by atoms with Gasteiger partial charge in [-0.2, -0.15) is 5.10 Å². The number of fused-ring (bicyclic) bond motifs is 1. The molecule has 0 bridgehead atoms. The molecule has 2 N–H and O–H groups in total. The fourth-order valence-electron chi connectivity index (χ4n) is 4.56. The van der Waals surface area contributed by atoms with E-state index in [1.54, 1.807) is 25.1 Å². The highest BCUT2D eigenvalue weighted by molar-refractivity contribution is 6.35. The summed E-state index contributed by atoms with van der Waals surface area (Å²) in [5.41, 5.74) is 8.85. The van der Waals surface area contributed by atoms with Crippen LogP contribution >= 0.6 is 11.6 Å². The Morgan fingerprint density at radius 2 is 1.50 bits per heavy atom. The van der Waals surface area contributed by atoms with Gasteiger partial charge in [-0.25, -0.2) is 10.4 Å². The molecule has 0 saturated carbocycles. The zero-order valence-corrected chi connectivity index (χ0v) is 24.7. The van der Waals surface area contributed by atoms with Crippen molar-refractivity contribution in [3.05, 3.63) is 130 Å². The molecule has 0 fully saturated rings. The number of carbonyl (C=O) groups excluding carboxylic acids is 2. The largest absolute Gasteiger partial charge is 0.322 e. The second-order valence-corrected chi connectivity index (χ2v) is 11.5. The average Bonchev–Trinajstić information content (AvgIpc) is 2.99. The second kappa shape index (κ2) is 12.0. The number of nitrogens with zero attached hydrogens (tertiary/aromatic N) is 2. The van der Waals surface area contributed by atoms with Crippen molar-refractivity contribution >= 4 is 45.7 Å². The van der Waals surface area contributed by atoms with E-state index in [2.05, 4.69) is 36.6 Å². The van der Waals surface area contributed by atoms with E-state index in [4.69, 9.17) is 16.6 Å². The first kappa shape index (κ1) is 28.7. The highest BCUT2D eigenvalue weighted by Gasteiger charge is 2.17.